The second-order valence-electron chi connectivity index (χ2n) is 8.79. The molecule has 2 N–H and O–H groups in total. The van der Waals surface area contributed by atoms with Crippen molar-refractivity contribution in [2.24, 2.45) is 0 Å². The second kappa shape index (κ2) is 11.3. The lowest BCUT2D eigenvalue weighted by Crippen LogP contribution is -2.51. The molecular weight excluding hydrogens is 386 g/mol. The van der Waals surface area contributed by atoms with Crippen LogP contribution in [0.15, 0.2) is 54.9 Å². The van der Waals surface area contributed by atoms with Crippen LogP contribution in [0.5, 0.6) is 0 Å². The van der Waals surface area contributed by atoms with Gasteiger partial charge in [-0.15, -0.1) is 0 Å². The standard InChI is InChI=1S/C25H35N5O/c31-25(28-23-11-5-2-6-12-23)27-19-24(22-10-7-13-26-18-22)30-16-14-29(15-17-30)20-21-8-3-1-4-9-21/h1,3-4,7-10,13,18,23-24H,2,5-6,11-12,14-17,19-20H2,(H2,27,28,31). The fourth-order valence-electron chi connectivity index (χ4n) is 4.78. The van der Waals surface area contributed by atoms with Crippen LogP contribution in [0.1, 0.15) is 49.3 Å². The SMILES string of the molecule is O=C(NCC(c1cccnc1)N1CCN(Cc2ccccc2)CC1)NC1CCCCC1. The van der Waals surface area contributed by atoms with Crippen molar-refractivity contribution >= 4 is 6.03 Å². The largest absolute Gasteiger partial charge is 0.336 e. The zero-order valence-electron chi connectivity index (χ0n) is 18.4. The number of benzene rings is 1. The summed E-state index contributed by atoms with van der Waals surface area (Å²) in [5, 5.41) is 6.31. The van der Waals surface area contributed by atoms with E-state index in [-0.39, 0.29) is 12.1 Å². The summed E-state index contributed by atoms with van der Waals surface area (Å²) in [6, 6.07) is 15.2. The minimum atomic E-state index is -0.0384. The maximum absolute atomic E-state index is 12.5. The van der Waals surface area contributed by atoms with E-state index < -0.39 is 0 Å². The first-order valence-corrected chi connectivity index (χ1v) is 11.7. The third kappa shape index (κ3) is 6.52. The summed E-state index contributed by atoms with van der Waals surface area (Å²) >= 11 is 0. The van der Waals surface area contributed by atoms with Crippen molar-refractivity contribution in [1.82, 2.24) is 25.4 Å². The van der Waals surface area contributed by atoms with E-state index >= 15 is 0 Å². The zero-order valence-corrected chi connectivity index (χ0v) is 18.4. The summed E-state index contributed by atoms with van der Waals surface area (Å²) in [6.07, 6.45) is 9.67. The van der Waals surface area contributed by atoms with Gasteiger partial charge >= 0.3 is 6.03 Å². The van der Waals surface area contributed by atoms with Gasteiger partial charge < -0.3 is 10.6 Å². The smallest absolute Gasteiger partial charge is 0.315 e. The molecule has 1 aliphatic heterocycles. The van der Waals surface area contributed by atoms with E-state index in [1.807, 2.05) is 18.5 Å². The van der Waals surface area contributed by atoms with Crippen LogP contribution in [-0.2, 0) is 6.54 Å². The highest BCUT2D eigenvalue weighted by molar-refractivity contribution is 5.74. The highest BCUT2D eigenvalue weighted by Crippen LogP contribution is 2.22. The monoisotopic (exact) mass is 421 g/mol. The Morgan fingerprint density at radius 1 is 1.00 bits per heavy atom. The number of pyridine rings is 1. The van der Waals surface area contributed by atoms with Crippen LogP contribution < -0.4 is 10.6 Å². The Labute approximate surface area is 186 Å². The fraction of sp³-hybridized carbons (Fsp3) is 0.520. The van der Waals surface area contributed by atoms with E-state index in [4.69, 9.17) is 0 Å². The zero-order chi connectivity index (χ0) is 21.3. The molecular formula is C25H35N5O. The minimum absolute atomic E-state index is 0.0384. The maximum atomic E-state index is 12.5. The summed E-state index contributed by atoms with van der Waals surface area (Å²) in [6.45, 7) is 5.62. The number of carbonyl (C=O) groups excluding carboxylic acids is 1. The Hall–Kier alpha value is -2.44. The molecule has 166 valence electrons. The van der Waals surface area contributed by atoms with Crippen molar-refractivity contribution in [2.75, 3.05) is 32.7 Å². The number of hydrogen-bond acceptors (Lipinski definition) is 4. The molecule has 31 heavy (non-hydrogen) atoms. The lowest BCUT2D eigenvalue weighted by molar-refractivity contribution is 0.0912. The molecule has 2 aromatic rings. The third-order valence-electron chi connectivity index (χ3n) is 6.56. The lowest BCUT2D eigenvalue weighted by atomic mass is 9.96. The van der Waals surface area contributed by atoms with Crippen LogP contribution in [0.2, 0.25) is 0 Å². The molecule has 6 nitrogen and oxygen atoms in total. The number of hydrogen-bond donors (Lipinski definition) is 2. The predicted molar refractivity (Wildman–Crippen MR) is 124 cm³/mol. The molecule has 1 aromatic carbocycles. The summed E-state index contributed by atoms with van der Waals surface area (Å²) in [7, 11) is 0. The molecule has 6 heteroatoms. The molecule has 0 spiro atoms. The Morgan fingerprint density at radius 2 is 1.77 bits per heavy atom. The van der Waals surface area contributed by atoms with Crippen LogP contribution in [0, 0.1) is 0 Å². The van der Waals surface area contributed by atoms with Crippen molar-refractivity contribution in [2.45, 2.75) is 50.7 Å². The molecule has 0 bridgehead atoms. The van der Waals surface area contributed by atoms with Crippen molar-refractivity contribution in [1.29, 1.82) is 0 Å². The predicted octanol–water partition coefficient (Wildman–Crippen LogP) is 3.57. The molecule has 1 aromatic heterocycles. The molecule has 2 aliphatic rings. The lowest BCUT2D eigenvalue weighted by Gasteiger charge is -2.39. The first-order chi connectivity index (χ1) is 15.3. The number of urea groups is 1. The molecule has 1 saturated heterocycles. The van der Waals surface area contributed by atoms with Crippen LogP contribution in [0.25, 0.3) is 0 Å². The molecule has 1 aliphatic carbocycles. The van der Waals surface area contributed by atoms with E-state index in [1.54, 1.807) is 0 Å². The summed E-state index contributed by atoms with van der Waals surface area (Å²) < 4.78 is 0. The average molecular weight is 422 g/mol. The summed E-state index contributed by atoms with van der Waals surface area (Å²) in [5.41, 5.74) is 2.53. The normalized spacial score (nSPS) is 19.6. The Kier molecular flexibility index (Phi) is 7.91. The van der Waals surface area contributed by atoms with Gasteiger partial charge in [-0.25, -0.2) is 4.79 Å². The molecule has 1 saturated carbocycles. The molecule has 1 atom stereocenters. The number of piperazine rings is 1. The fourth-order valence-corrected chi connectivity index (χ4v) is 4.78. The van der Waals surface area contributed by atoms with Crippen LogP contribution in [-0.4, -0.2) is 59.6 Å². The number of aromatic nitrogens is 1. The van der Waals surface area contributed by atoms with Gasteiger partial charge in [-0.05, 0) is 30.0 Å². The molecule has 2 amide bonds. The van der Waals surface area contributed by atoms with Gasteiger partial charge in [0, 0.05) is 57.7 Å². The number of nitrogens with one attached hydrogen (secondary N) is 2. The number of amides is 2. The summed E-state index contributed by atoms with van der Waals surface area (Å²) in [5.74, 6) is 0. The molecule has 4 rings (SSSR count). The Morgan fingerprint density at radius 3 is 2.48 bits per heavy atom. The van der Waals surface area contributed by atoms with Gasteiger partial charge in [-0.1, -0.05) is 55.7 Å². The highest BCUT2D eigenvalue weighted by Gasteiger charge is 2.26. The third-order valence-corrected chi connectivity index (χ3v) is 6.56. The van der Waals surface area contributed by atoms with Gasteiger partial charge in [0.1, 0.15) is 0 Å². The van der Waals surface area contributed by atoms with Crippen molar-refractivity contribution in [3.63, 3.8) is 0 Å². The van der Waals surface area contributed by atoms with E-state index in [0.717, 1.165) is 51.1 Å². The maximum Gasteiger partial charge on any atom is 0.315 e. The van der Waals surface area contributed by atoms with E-state index in [0.29, 0.717) is 12.6 Å². The van der Waals surface area contributed by atoms with Gasteiger partial charge in [0.25, 0.3) is 0 Å². The van der Waals surface area contributed by atoms with Gasteiger partial charge in [0.15, 0.2) is 0 Å². The van der Waals surface area contributed by atoms with E-state index in [2.05, 4.69) is 61.8 Å². The van der Waals surface area contributed by atoms with Crippen LogP contribution >= 0.6 is 0 Å². The molecule has 1 unspecified atom stereocenters. The first kappa shape index (κ1) is 21.8. The minimum Gasteiger partial charge on any atom is -0.336 e. The van der Waals surface area contributed by atoms with Gasteiger partial charge in [-0.3, -0.25) is 14.8 Å². The quantitative estimate of drug-likeness (QED) is 0.718. The number of carbonyl (C=O) groups is 1. The van der Waals surface area contributed by atoms with Gasteiger partial charge in [0.2, 0.25) is 0 Å². The topological polar surface area (TPSA) is 60.5 Å². The molecule has 2 fully saturated rings. The summed E-state index contributed by atoms with van der Waals surface area (Å²) in [4.78, 5) is 21.8. The van der Waals surface area contributed by atoms with Crippen molar-refractivity contribution < 1.29 is 4.79 Å². The van der Waals surface area contributed by atoms with Crippen LogP contribution in [0.3, 0.4) is 0 Å². The van der Waals surface area contributed by atoms with E-state index in [1.165, 1.54) is 24.8 Å². The van der Waals surface area contributed by atoms with Crippen LogP contribution in [0.4, 0.5) is 4.79 Å². The highest BCUT2D eigenvalue weighted by atomic mass is 16.2. The van der Waals surface area contributed by atoms with Crippen molar-refractivity contribution in [3.8, 4) is 0 Å². The number of nitrogens with zero attached hydrogens (tertiary/aromatic N) is 3. The van der Waals surface area contributed by atoms with E-state index in [9.17, 15) is 4.79 Å². The number of rotatable bonds is 7. The Bertz CT molecular complexity index is 786. The van der Waals surface area contributed by atoms with Gasteiger partial charge in [-0.2, -0.15) is 0 Å². The molecule has 0 radical (unpaired) electrons. The first-order valence-electron chi connectivity index (χ1n) is 11.7. The van der Waals surface area contributed by atoms with Gasteiger partial charge in [0.05, 0.1) is 6.04 Å². The van der Waals surface area contributed by atoms with Crippen molar-refractivity contribution in [3.05, 3.63) is 66.0 Å². The molecule has 2 heterocycles. The Balaban J connectivity index is 1.32. The second-order valence-corrected chi connectivity index (χ2v) is 8.79. The average Bonchev–Trinajstić information content (AvgIpc) is 2.82.